The van der Waals surface area contributed by atoms with Crippen LogP contribution < -0.4 is 5.32 Å². The number of ether oxygens (including phenoxy) is 1. The number of rotatable bonds is 4. The van der Waals surface area contributed by atoms with E-state index in [9.17, 15) is 0 Å². The zero-order chi connectivity index (χ0) is 12.3. The number of nitrogens with one attached hydrogen (secondary N) is 1. The molecule has 1 aromatic rings. The van der Waals surface area contributed by atoms with Gasteiger partial charge in [0, 0.05) is 24.1 Å². The van der Waals surface area contributed by atoms with Crippen molar-refractivity contribution in [1.29, 1.82) is 0 Å². The van der Waals surface area contributed by atoms with Crippen LogP contribution in [0.3, 0.4) is 0 Å². The summed E-state index contributed by atoms with van der Waals surface area (Å²) in [6, 6.07) is 2.80. The first-order valence-corrected chi connectivity index (χ1v) is 7.41. The van der Waals surface area contributed by atoms with E-state index >= 15 is 0 Å². The Morgan fingerprint density at radius 3 is 3.06 bits per heavy atom. The SMILES string of the molecule is CCC1(C)CC(NCc2sccc2C)CCO1. The van der Waals surface area contributed by atoms with Gasteiger partial charge in [0.05, 0.1) is 5.60 Å². The summed E-state index contributed by atoms with van der Waals surface area (Å²) < 4.78 is 5.87. The summed E-state index contributed by atoms with van der Waals surface area (Å²) in [4.78, 5) is 1.47. The maximum atomic E-state index is 5.87. The van der Waals surface area contributed by atoms with Crippen LogP contribution in [0, 0.1) is 6.92 Å². The Labute approximate surface area is 108 Å². The van der Waals surface area contributed by atoms with E-state index in [4.69, 9.17) is 4.74 Å². The molecular weight excluding hydrogens is 230 g/mol. The van der Waals surface area contributed by atoms with Gasteiger partial charge in [0.15, 0.2) is 0 Å². The smallest absolute Gasteiger partial charge is 0.0666 e. The quantitative estimate of drug-likeness (QED) is 0.887. The predicted octanol–water partition coefficient (Wildman–Crippen LogP) is 3.49. The minimum absolute atomic E-state index is 0.0837. The summed E-state index contributed by atoms with van der Waals surface area (Å²) in [5, 5.41) is 5.86. The highest BCUT2D eigenvalue weighted by molar-refractivity contribution is 7.10. The highest BCUT2D eigenvalue weighted by Crippen LogP contribution is 2.28. The summed E-state index contributed by atoms with van der Waals surface area (Å²) in [5.74, 6) is 0. The predicted molar refractivity (Wildman–Crippen MR) is 73.6 cm³/mol. The summed E-state index contributed by atoms with van der Waals surface area (Å²) in [6.45, 7) is 8.54. The molecule has 1 saturated heterocycles. The molecule has 1 fully saturated rings. The second-order valence-electron chi connectivity index (χ2n) is 5.25. The maximum absolute atomic E-state index is 5.87. The molecule has 0 radical (unpaired) electrons. The molecule has 2 atom stereocenters. The first-order chi connectivity index (χ1) is 8.13. The Balaban J connectivity index is 1.85. The molecule has 1 aliphatic rings. The van der Waals surface area contributed by atoms with Crippen LogP contribution in [0.2, 0.25) is 0 Å². The van der Waals surface area contributed by atoms with Crippen molar-refractivity contribution in [3.63, 3.8) is 0 Å². The van der Waals surface area contributed by atoms with Gasteiger partial charge in [-0.1, -0.05) is 6.92 Å². The molecule has 0 spiro atoms. The molecule has 0 aromatic carbocycles. The monoisotopic (exact) mass is 253 g/mol. The second-order valence-corrected chi connectivity index (χ2v) is 6.25. The fourth-order valence-electron chi connectivity index (χ4n) is 2.37. The fraction of sp³-hybridized carbons (Fsp3) is 0.714. The van der Waals surface area contributed by atoms with Gasteiger partial charge >= 0.3 is 0 Å². The van der Waals surface area contributed by atoms with Crippen LogP contribution in [0.1, 0.15) is 43.6 Å². The topological polar surface area (TPSA) is 21.3 Å². The van der Waals surface area contributed by atoms with E-state index in [1.54, 1.807) is 0 Å². The van der Waals surface area contributed by atoms with E-state index in [-0.39, 0.29) is 5.60 Å². The first kappa shape index (κ1) is 13.1. The Hall–Kier alpha value is -0.380. The molecule has 0 bridgehead atoms. The van der Waals surface area contributed by atoms with Crippen LogP contribution in [-0.2, 0) is 11.3 Å². The summed E-state index contributed by atoms with van der Waals surface area (Å²) in [5.41, 5.74) is 1.49. The summed E-state index contributed by atoms with van der Waals surface area (Å²) >= 11 is 1.85. The second kappa shape index (κ2) is 5.51. The molecule has 1 N–H and O–H groups in total. The zero-order valence-corrected chi connectivity index (χ0v) is 11.9. The first-order valence-electron chi connectivity index (χ1n) is 6.53. The normalized spacial score (nSPS) is 29.5. The third-order valence-electron chi connectivity index (χ3n) is 3.86. The Bertz CT molecular complexity index is 363. The van der Waals surface area contributed by atoms with Gasteiger partial charge in [-0.15, -0.1) is 11.3 Å². The van der Waals surface area contributed by atoms with E-state index in [0.717, 1.165) is 32.4 Å². The van der Waals surface area contributed by atoms with Crippen molar-refractivity contribution in [3.8, 4) is 0 Å². The van der Waals surface area contributed by atoms with Crippen LogP contribution in [0.4, 0.5) is 0 Å². The highest BCUT2D eigenvalue weighted by atomic mass is 32.1. The number of thiophene rings is 1. The van der Waals surface area contributed by atoms with Crippen LogP contribution in [0.5, 0.6) is 0 Å². The van der Waals surface area contributed by atoms with Gasteiger partial charge in [0.25, 0.3) is 0 Å². The van der Waals surface area contributed by atoms with Gasteiger partial charge in [0.2, 0.25) is 0 Å². The van der Waals surface area contributed by atoms with Crippen molar-refractivity contribution in [2.24, 2.45) is 0 Å². The summed E-state index contributed by atoms with van der Waals surface area (Å²) in [7, 11) is 0. The largest absolute Gasteiger partial charge is 0.375 e. The van der Waals surface area contributed by atoms with E-state index in [1.807, 2.05) is 11.3 Å². The average molecular weight is 253 g/mol. The lowest BCUT2D eigenvalue weighted by molar-refractivity contribution is -0.0781. The van der Waals surface area contributed by atoms with Gasteiger partial charge in [0.1, 0.15) is 0 Å². The molecule has 0 aliphatic carbocycles. The number of hydrogen-bond acceptors (Lipinski definition) is 3. The molecule has 17 heavy (non-hydrogen) atoms. The minimum atomic E-state index is 0.0837. The van der Waals surface area contributed by atoms with Gasteiger partial charge in [-0.3, -0.25) is 0 Å². The Morgan fingerprint density at radius 1 is 1.59 bits per heavy atom. The van der Waals surface area contributed by atoms with Crippen LogP contribution in [0.15, 0.2) is 11.4 Å². The fourth-order valence-corrected chi connectivity index (χ4v) is 3.23. The molecular formula is C14H23NOS. The van der Waals surface area contributed by atoms with Crippen LogP contribution in [-0.4, -0.2) is 18.2 Å². The van der Waals surface area contributed by atoms with Crippen molar-refractivity contribution in [3.05, 3.63) is 21.9 Å². The molecule has 2 unspecified atom stereocenters. The minimum Gasteiger partial charge on any atom is -0.375 e. The summed E-state index contributed by atoms with van der Waals surface area (Å²) in [6.07, 6.45) is 3.37. The third-order valence-corrected chi connectivity index (χ3v) is 4.89. The molecule has 0 amide bonds. The number of hydrogen-bond donors (Lipinski definition) is 1. The average Bonchev–Trinajstić information content (AvgIpc) is 2.73. The maximum Gasteiger partial charge on any atom is 0.0666 e. The van der Waals surface area contributed by atoms with Crippen molar-refractivity contribution in [2.45, 2.75) is 58.2 Å². The molecule has 96 valence electrons. The van der Waals surface area contributed by atoms with E-state index in [0.29, 0.717) is 6.04 Å². The van der Waals surface area contributed by atoms with Crippen molar-refractivity contribution >= 4 is 11.3 Å². The highest BCUT2D eigenvalue weighted by Gasteiger charge is 2.31. The lowest BCUT2D eigenvalue weighted by Gasteiger charge is -2.38. The van der Waals surface area contributed by atoms with Crippen LogP contribution in [0.25, 0.3) is 0 Å². The lowest BCUT2D eigenvalue weighted by atomic mass is 9.90. The standard InChI is InChI=1S/C14H23NOS/c1-4-14(3)9-12(5-7-16-14)15-10-13-11(2)6-8-17-13/h6,8,12,15H,4-5,7,9-10H2,1-3H3. The molecule has 3 heteroatoms. The van der Waals surface area contributed by atoms with E-state index < -0.39 is 0 Å². The van der Waals surface area contributed by atoms with Gasteiger partial charge in [-0.05, 0) is 50.1 Å². The Kier molecular flexibility index (Phi) is 4.23. The number of aryl methyl sites for hydroxylation is 1. The molecule has 2 rings (SSSR count). The molecule has 0 saturated carbocycles. The van der Waals surface area contributed by atoms with Gasteiger partial charge in [-0.2, -0.15) is 0 Å². The van der Waals surface area contributed by atoms with Crippen molar-refractivity contribution in [1.82, 2.24) is 5.32 Å². The van der Waals surface area contributed by atoms with Crippen molar-refractivity contribution in [2.75, 3.05) is 6.61 Å². The van der Waals surface area contributed by atoms with Crippen molar-refractivity contribution < 1.29 is 4.74 Å². The molecule has 1 aromatic heterocycles. The van der Waals surface area contributed by atoms with E-state index in [1.165, 1.54) is 10.4 Å². The molecule has 2 heterocycles. The third kappa shape index (κ3) is 3.30. The molecule has 2 nitrogen and oxygen atoms in total. The van der Waals surface area contributed by atoms with Gasteiger partial charge in [-0.25, -0.2) is 0 Å². The Morgan fingerprint density at radius 2 is 2.41 bits per heavy atom. The molecule has 1 aliphatic heterocycles. The van der Waals surface area contributed by atoms with Gasteiger partial charge < -0.3 is 10.1 Å². The zero-order valence-electron chi connectivity index (χ0n) is 11.1. The van der Waals surface area contributed by atoms with E-state index in [2.05, 4.69) is 37.5 Å². The van der Waals surface area contributed by atoms with Crippen LogP contribution >= 0.6 is 11.3 Å². The lowest BCUT2D eigenvalue weighted by Crippen LogP contribution is -2.44.